The average Bonchev–Trinajstić information content (AvgIpc) is 3.03. The molecule has 2 atom stereocenters. The molecule has 1 aliphatic rings. The Morgan fingerprint density at radius 3 is 2.50 bits per heavy atom. The second-order valence-electron chi connectivity index (χ2n) is 3.88. The van der Waals surface area contributed by atoms with Crippen molar-refractivity contribution in [3.63, 3.8) is 0 Å². The molecule has 0 N–H and O–H groups in total. The van der Waals surface area contributed by atoms with Gasteiger partial charge in [0.05, 0.1) is 13.2 Å². The van der Waals surface area contributed by atoms with Crippen molar-refractivity contribution in [1.29, 1.82) is 0 Å². The number of alkyl halides is 3. The highest BCUT2D eigenvalue weighted by Crippen LogP contribution is 2.37. The number of ether oxygens (including phenoxy) is 2. The van der Waals surface area contributed by atoms with E-state index in [2.05, 4.69) is 4.74 Å². The lowest BCUT2D eigenvalue weighted by molar-refractivity contribution is -0.225. The van der Waals surface area contributed by atoms with Crippen molar-refractivity contribution < 1.29 is 31.4 Å². The number of epoxide rings is 1. The summed E-state index contributed by atoms with van der Waals surface area (Å²) in [6, 6.07) is 1.88. The van der Waals surface area contributed by atoms with Crippen LogP contribution in [0, 0.1) is 11.6 Å². The van der Waals surface area contributed by atoms with Crippen molar-refractivity contribution >= 4 is 0 Å². The molecule has 0 radical (unpaired) electrons. The number of halogens is 5. The second kappa shape index (κ2) is 4.81. The fraction of sp³-hybridized carbons (Fsp3) is 0.455. The van der Waals surface area contributed by atoms with Gasteiger partial charge >= 0.3 is 6.18 Å². The monoisotopic (exact) mass is 268 g/mol. The molecule has 18 heavy (non-hydrogen) atoms. The zero-order valence-electron chi connectivity index (χ0n) is 9.01. The summed E-state index contributed by atoms with van der Waals surface area (Å²) in [6.45, 7) is 0.0530. The van der Waals surface area contributed by atoms with Gasteiger partial charge in [0.15, 0.2) is 6.10 Å². The predicted molar refractivity (Wildman–Crippen MR) is 50.8 cm³/mol. The Morgan fingerprint density at radius 1 is 1.33 bits per heavy atom. The Hall–Kier alpha value is -1.21. The first-order valence-corrected chi connectivity index (χ1v) is 5.13. The molecule has 7 heteroatoms. The highest BCUT2D eigenvalue weighted by molar-refractivity contribution is 5.22. The SMILES string of the molecule is Fc1ccc(C(OCC2CO2)C(F)(F)F)c(F)c1. The van der Waals surface area contributed by atoms with Crippen LogP contribution >= 0.6 is 0 Å². The molecule has 1 fully saturated rings. The molecular formula is C11H9F5O2. The van der Waals surface area contributed by atoms with Gasteiger partial charge in [-0.1, -0.05) is 6.07 Å². The van der Waals surface area contributed by atoms with Gasteiger partial charge in [-0.05, 0) is 6.07 Å². The first-order valence-electron chi connectivity index (χ1n) is 5.13. The highest BCUT2D eigenvalue weighted by atomic mass is 19.4. The van der Waals surface area contributed by atoms with Gasteiger partial charge in [0.1, 0.15) is 17.7 Å². The van der Waals surface area contributed by atoms with Crippen LogP contribution in [0.15, 0.2) is 18.2 Å². The van der Waals surface area contributed by atoms with Crippen molar-refractivity contribution in [3.05, 3.63) is 35.4 Å². The van der Waals surface area contributed by atoms with Crippen LogP contribution in [-0.4, -0.2) is 25.5 Å². The minimum atomic E-state index is -4.77. The molecule has 1 aromatic rings. The third kappa shape index (κ3) is 3.17. The van der Waals surface area contributed by atoms with Crippen molar-refractivity contribution in [2.75, 3.05) is 13.2 Å². The van der Waals surface area contributed by atoms with E-state index in [9.17, 15) is 22.0 Å². The minimum absolute atomic E-state index is 0.277. The van der Waals surface area contributed by atoms with Crippen LogP contribution in [0.2, 0.25) is 0 Å². The number of hydrogen-bond acceptors (Lipinski definition) is 2. The summed E-state index contributed by atoms with van der Waals surface area (Å²) in [4.78, 5) is 0. The Bertz CT molecular complexity index is 428. The van der Waals surface area contributed by atoms with Crippen LogP contribution in [-0.2, 0) is 9.47 Å². The number of benzene rings is 1. The summed E-state index contributed by atoms with van der Waals surface area (Å²) in [5, 5.41) is 0. The van der Waals surface area contributed by atoms with E-state index in [4.69, 9.17) is 4.74 Å². The molecule has 0 amide bonds. The third-order valence-electron chi connectivity index (χ3n) is 2.39. The maximum Gasteiger partial charge on any atom is 0.418 e. The Labute approximate surface area is 99.3 Å². The number of hydrogen-bond donors (Lipinski definition) is 0. The van der Waals surface area contributed by atoms with E-state index >= 15 is 0 Å². The van der Waals surface area contributed by atoms with Gasteiger partial charge in [-0.15, -0.1) is 0 Å². The van der Waals surface area contributed by atoms with E-state index in [0.717, 1.165) is 12.1 Å². The fourth-order valence-electron chi connectivity index (χ4n) is 1.44. The molecule has 2 rings (SSSR count). The van der Waals surface area contributed by atoms with Gasteiger partial charge in [-0.25, -0.2) is 8.78 Å². The van der Waals surface area contributed by atoms with E-state index in [-0.39, 0.29) is 12.7 Å². The Balaban J connectivity index is 2.20. The average molecular weight is 268 g/mol. The summed E-state index contributed by atoms with van der Waals surface area (Å²) in [7, 11) is 0. The summed E-state index contributed by atoms with van der Waals surface area (Å²) in [5.74, 6) is -2.23. The summed E-state index contributed by atoms with van der Waals surface area (Å²) < 4.78 is 73.5. The van der Waals surface area contributed by atoms with Gasteiger partial charge in [-0.2, -0.15) is 13.2 Å². The third-order valence-corrected chi connectivity index (χ3v) is 2.39. The van der Waals surface area contributed by atoms with Crippen LogP contribution < -0.4 is 0 Å². The molecule has 1 heterocycles. The molecule has 2 nitrogen and oxygen atoms in total. The zero-order chi connectivity index (χ0) is 13.3. The molecule has 1 aromatic carbocycles. The Kier molecular flexibility index (Phi) is 3.54. The lowest BCUT2D eigenvalue weighted by Crippen LogP contribution is -2.26. The van der Waals surface area contributed by atoms with Gasteiger partial charge in [-0.3, -0.25) is 0 Å². The van der Waals surface area contributed by atoms with Crippen molar-refractivity contribution in [1.82, 2.24) is 0 Å². The van der Waals surface area contributed by atoms with E-state index in [1.807, 2.05) is 0 Å². The van der Waals surface area contributed by atoms with Crippen LogP contribution in [0.4, 0.5) is 22.0 Å². The van der Waals surface area contributed by atoms with Crippen LogP contribution in [0.25, 0.3) is 0 Å². The van der Waals surface area contributed by atoms with E-state index < -0.39 is 29.5 Å². The maximum absolute atomic E-state index is 13.3. The molecule has 0 aliphatic carbocycles. The maximum atomic E-state index is 13.3. The first-order chi connectivity index (χ1) is 8.38. The lowest BCUT2D eigenvalue weighted by atomic mass is 10.1. The van der Waals surface area contributed by atoms with Gasteiger partial charge in [0.25, 0.3) is 0 Å². The van der Waals surface area contributed by atoms with E-state index in [1.54, 1.807) is 0 Å². The molecule has 2 unspecified atom stereocenters. The molecule has 0 bridgehead atoms. The molecular weight excluding hydrogens is 259 g/mol. The van der Waals surface area contributed by atoms with Crippen LogP contribution in [0.1, 0.15) is 11.7 Å². The summed E-state index contributed by atoms with van der Waals surface area (Å²) >= 11 is 0. The minimum Gasteiger partial charge on any atom is -0.371 e. The smallest absolute Gasteiger partial charge is 0.371 e. The second-order valence-corrected chi connectivity index (χ2v) is 3.88. The molecule has 0 saturated carbocycles. The molecule has 1 saturated heterocycles. The van der Waals surface area contributed by atoms with E-state index in [1.165, 1.54) is 0 Å². The van der Waals surface area contributed by atoms with Crippen LogP contribution in [0.5, 0.6) is 0 Å². The highest BCUT2D eigenvalue weighted by Gasteiger charge is 2.44. The fourth-order valence-corrected chi connectivity index (χ4v) is 1.44. The van der Waals surface area contributed by atoms with Crippen molar-refractivity contribution in [3.8, 4) is 0 Å². The Morgan fingerprint density at radius 2 is 2.00 bits per heavy atom. The molecule has 1 aliphatic heterocycles. The van der Waals surface area contributed by atoms with Gasteiger partial charge in [0, 0.05) is 11.6 Å². The summed E-state index contributed by atoms with van der Waals surface area (Å²) in [6.07, 6.45) is -7.56. The zero-order valence-corrected chi connectivity index (χ0v) is 9.01. The van der Waals surface area contributed by atoms with Gasteiger partial charge in [0.2, 0.25) is 0 Å². The molecule has 100 valence electrons. The van der Waals surface area contributed by atoms with Crippen LogP contribution in [0.3, 0.4) is 0 Å². The first kappa shape index (κ1) is 13.2. The normalized spacial score (nSPS) is 20.8. The van der Waals surface area contributed by atoms with E-state index in [0.29, 0.717) is 12.7 Å². The van der Waals surface area contributed by atoms with Crippen molar-refractivity contribution in [2.24, 2.45) is 0 Å². The van der Waals surface area contributed by atoms with Gasteiger partial charge < -0.3 is 9.47 Å². The molecule has 0 aromatic heterocycles. The molecule has 0 spiro atoms. The van der Waals surface area contributed by atoms with Crippen molar-refractivity contribution in [2.45, 2.75) is 18.4 Å². The standard InChI is InChI=1S/C11H9F5O2/c12-6-1-2-8(9(13)3-6)10(11(14,15)16)18-5-7-4-17-7/h1-3,7,10H,4-5H2. The largest absolute Gasteiger partial charge is 0.418 e. The quantitative estimate of drug-likeness (QED) is 0.618. The predicted octanol–water partition coefficient (Wildman–Crippen LogP) is 2.98. The summed E-state index contributed by atoms with van der Waals surface area (Å²) in [5.41, 5.74) is -0.732. The lowest BCUT2D eigenvalue weighted by Gasteiger charge is -2.21. The topological polar surface area (TPSA) is 21.8 Å². The number of rotatable bonds is 4.